The van der Waals surface area contributed by atoms with Gasteiger partial charge in [0.05, 0.1) is 17.7 Å². The first-order valence-corrected chi connectivity index (χ1v) is 11.4. The molecule has 0 unspecified atom stereocenters. The minimum absolute atomic E-state index is 0.200. The van der Waals surface area contributed by atoms with Gasteiger partial charge in [-0.25, -0.2) is 9.79 Å². The Kier molecular flexibility index (Phi) is 7.22. The van der Waals surface area contributed by atoms with Gasteiger partial charge >= 0.3 is 5.97 Å². The Bertz CT molecular complexity index is 1020. The summed E-state index contributed by atoms with van der Waals surface area (Å²) in [5.41, 5.74) is 3.86. The normalized spacial score (nSPS) is 16.3. The van der Waals surface area contributed by atoms with Crippen LogP contribution in [0, 0.1) is 21.0 Å². The van der Waals surface area contributed by atoms with E-state index in [1.54, 1.807) is 6.08 Å². The monoisotopic (exact) mass is 634 g/mol. The van der Waals surface area contributed by atoms with Crippen molar-refractivity contribution >= 4 is 85.8 Å². The molecule has 1 saturated heterocycles. The molecule has 0 bridgehead atoms. The van der Waals surface area contributed by atoms with Gasteiger partial charge in [-0.3, -0.25) is 4.79 Å². The Balaban J connectivity index is 1.83. The molecule has 1 heterocycles. The van der Waals surface area contributed by atoms with Gasteiger partial charge in [-0.1, -0.05) is 6.07 Å². The summed E-state index contributed by atoms with van der Waals surface area (Å²) in [6.07, 6.45) is 1.79. The molecule has 2 aromatic carbocycles. The average Bonchev–Trinajstić information content (AvgIpc) is 2.91. The number of halogens is 2. The summed E-state index contributed by atoms with van der Waals surface area (Å²) in [6.45, 7) is 3.62. The SMILES string of the molecule is Cc1cc(C)cc(N=C2NC(=O)/C(=C/c3cc(I)c(OCC(=O)O)c(I)c3)S2)c1. The van der Waals surface area contributed by atoms with Crippen LogP contribution < -0.4 is 10.1 Å². The fraction of sp³-hybridized carbons (Fsp3) is 0.150. The second-order valence-corrected chi connectivity index (χ2v) is 9.68. The molecule has 1 fully saturated rings. The van der Waals surface area contributed by atoms with Crippen LogP contribution in [-0.2, 0) is 9.59 Å². The smallest absolute Gasteiger partial charge is 0.341 e. The minimum Gasteiger partial charge on any atom is -0.480 e. The number of benzene rings is 2. The molecule has 2 aromatic rings. The minimum atomic E-state index is -1.03. The van der Waals surface area contributed by atoms with E-state index in [9.17, 15) is 9.59 Å². The highest BCUT2D eigenvalue weighted by Gasteiger charge is 2.24. The molecule has 1 aliphatic heterocycles. The van der Waals surface area contributed by atoms with Crippen molar-refractivity contribution in [1.29, 1.82) is 0 Å². The highest BCUT2D eigenvalue weighted by molar-refractivity contribution is 14.1. The largest absolute Gasteiger partial charge is 0.480 e. The van der Waals surface area contributed by atoms with Crippen LogP contribution in [0.2, 0.25) is 0 Å². The number of amides is 1. The molecular formula is C20H16I2N2O4S. The van der Waals surface area contributed by atoms with E-state index in [1.807, 2.05) is 38.1 Å². The predicted molar refractivity (Wildman–Crippen MR) is 132 cm³/mol. The van der Waals surface area contributed by atoms with E-state index in [2.05, 4.69) is 61.6 Å². The Hall–Kier alpha value is -1.60. The molecule has 0 aliphatic carbocycles. The zero-order chi connectivity index (χ0) is 21.1. The summed E-state index contributed by atoms with van der Waals surface area (Å²) in [4.78, 5) is 28.2. The van der Waals surface area contributed by atoms with E-state index >= 15 is 0 Å². The molecule has 0 radical (unpaired) electrons. The molecule has 150 valence electrons. The third-order valence-electron chi connectivity index (χ3n) is 3.75. The molecule has 0 atom stereocenters. The van der Waals surface area contributed by atoms with Crippen molar-refractivity contribution in [3.63, 3.8) is 0 Å². The molecule has 6 nitrogen and oxygen atoms in total. The van der Waals surface area contributed by atoms with E-state index in [-0.39, 0.29) is 5.91 Å². The number of carbonyl (C=O) groups is 2. The van der Waals surface area contributed by atoms with Crippen molar-refractivity contribution < 1.29 is 19.4 Å². The number of carbonyl (C=O) groups excluding carboxylic acids is 1. The van der Waals surface area contributed by atoms with Gasteiger partial charge in [0.2, 0.25) is 0 Å². The van der Waals surface area contributed by atoms with E-state index in [0.29, 0.717) is 15.8 Å². The second-order valence-electron chi connectivity index (χ2n) is 6.32. The van der Waals surface area contributed by atoms with Gasteiger partial charge in [0.15, 0.2) is 11.8 Å². The summed E-state index contributed by atoms with van der Waals surface area (Å²) in [5, 5.41) is 12.1. The number of rotatable bonds is 5. The summed E-state index contributed by atoms with van der Waals surface area (Å²) in [5.74, 6) is -0.705. The van der Waals surface area contributed by atoms with E-state index < -0.39 is 12.6 Å². The molecule has 0 spiro atoms. The molecule has 1 aliphatic rings. The lowest BCUT2D eigenvalue weighted by molar-refractivity contribution is -0.139. The Morgan fingerprint density at radius 1 is 1.17 bits per heavy atom. The lowest BCUT2D eigenvalue weighted by Crippen LogP contribution is -2.19. The third kappa shape index (κ3) is 5.95. The number of thioether (sulfide) groups is 1. The number of aliphatic imine (C=N–C) groups is 1. The van der Waals surface area contributed by atoms with Crippen molar-refractivity contribution in [2.75, 3.05) is 6.61 Å². The molecule has 0 aromatic heterocycles. The van der Waals surface area contributed by atoms with Gasteiger partial charge in [-0.05, 0) is 118 Å². The lowest BCUT2D eigenvalue weighted by Gasteiger charge is -2.09. The molecule has 29 heavy (non-hydrogen) atoms. The first kappa shape index (κ1) is 22.1. The number of hydrogen-bond donors (Lipinski definition) is 2. The quantitative estimate of drug-likeness (QED) is 0.363. The number of carboxylic acids is 1. The zero-order valence-electron chi connectivity index (χ0n) is 15.5. The fourth-order valence-corrected chi connectivity index (χ4v) is 5.67. The van der Waals surface area contributed by atoms with E-state index in [1.165, 1.54) is 11.8 Å². The topological polar surface area (TPSA) is 88.0 Å². The number of nitrogens with one attached hydrogen (secondary N) is 1. The summed E-state index contributed by atoms with van der Waals surface area (Å²) >= 11 is 5.47. The first-order chi connectivity index (χ1) is 13.7. The maximum atomic E-state index is 12.4. The standard InChI is InChI=1S/C20H16I2N2O4S/c1-10-3-11(2)5-13(4-10)23-20-24-19(27)16(29-20)8-12-6-14(21)18(15(22)7-12)28-9-17(25)26/h3-8H,9H2,1-2H3,(H,25,26)(H,23,24,27)/b16-8-. The van der Waals surface area contributed by atoms with E-state index in [4.69, 9.17) is 9.84 Å². The molecule has 3 rings (SSSR count). The summed E-state index contributed by atoms with van der Waals surface area (Å²) in [6, 6.07) is 9.70. The average molecular weight is 634 g/mol. The van der Waals surface area contributed by atoms with Crippen LogP contribution in [-0.4, -0.2) is 28.8 Å². The molecule has 2 N–H and O–H groups in total. The highest BCUT2D eigenvalue weighted by Crippen LogP contribution is 2.33. The van der Waals surface area contributed by atoms with Crippen molar-refractivity contribution in [1.82, 2.24) is 5.32 Å². The van der Waals surface area contributed by atoms with Gasteiger partial charge in [-0.2, -0.15) is 0 Å². The Labute approximate surface area is 199 Å². The molecule has 9 heteroatoms. The van der Waals surface area contributed by atoms with Gasteiger partial charge < -0.3 is 15.2 Å². The van der Waals surface area contributed by atoms with Crippen LogP contribution in [0.25, 0.3) is 6.08 Å². The van der Waals surface area contributed by atoms with Crippen LogP contribution in [0.3, 0.4) is 0 Å². The van der Waals surface area contributed by atoms with Crippen LogP contribution >= 0.6 is 56.9 Å². The van der Waals surface area contributed by atoms with Crippen molar-refractivity contribution in [3.05, 3.63) is 59.1 Å². The van der Waals surface area contributed by atoms with Crippen molar-refractivity contribution in [2.24, 2.45) is 4.99 Å². The molecular weight excluding hydrogens is 618 g/mol. The van der Waals surface area contributed by atoms with Gasteiger partial charge in [0, 0.05) is 0 Å². The molecule has 1 amide bonds. The van der Waals surface area contributed by atoms with Crippen molar-refractivity contribution in [2.45, 2.75) is 13.8 Å². The predicted octanol–water partition coefficient (Wildman–Crippen LogP) is 4.87. The third-order valence-corrected chi connectivity index (χ3v) is 6.26. The van der Waals surface area contributed by atoms with Gasteiger partial charge in [-0.15, -0.1) is 0 Å². The van der Waals surface area contributed by atoms with E-state index in [0.717, 1.165) is 29.5 Å². The Morgan fingerprint density at radius 2 is 1.79 bits per heavy atom. The number of amidine groups is 1. The lowest BCUT2D eigenvalue weighted by atomic mass is 10.1. The number of nitrogens with zero attached hydrogens (tertiary/aromatic N) is 1. The Morgan fingerprint density at radius 3 is 2.38 bits per heavy atom. The zero-order valence-corrected chi connectivity index (χ0v) is 20.6. The fourth-order valence-electron chi connectivity index (χ4n) is 2.70. The summed E-state index contributed by atoms with van der Waals surface area (Å²) in [7, 11) is 0. The number of carboxylic acid groups (broad SMARTS) is 1. The number of aryl methyl sites for hydroxylation is 2. The van der Waals surface area contributed by atoms with Gasteiger partial charge in [0.25, 0.3) is 5.91 Å². The highest BCUT2D eigenvalue weighted by atomic mass is 127. The van der Waals surface area contributed by atoms with Gasteiger partial charge in [0.1, 0.15) is 5.75 Å². The molecule has 0 saturated carbocycles. The maximum absolute atomic E-state index is 12.4. The number of ether oxygens (including phenoxy) is 1. The van der Waals surface area contributed by atoms with Crippen molar-refractivity contribution in [3.8, 4) is 5.75 Å². The second kappa shape index (κ2) is 9.47. The number of aliphatic carboxylic acids is 1. The van der Waals surface area contributed by atoms with Crippen LogP contribution in [0.1, 0.15) is 16.7 Å². The first-order valence-electron chi connectivity index (χ1n) is 8.43. The van der Waals surface area contributed by atoms with Crippen LogP contribution in [0.15, 0.2) is 40.2 Å². The maximum Gasteiger partial charge on any atom is 0.341 e. The van der Waals surface area contributed by atoms with Crippen LogP contribution in [0.4, 0.5) is 5.69 Å². The van der Waals surface area contributed by atoms with Crippen LogP contribution in [0.5, 0.6) is 5.75 Å². The summed E-state index contributed by atoms with van der Waals surface area (Å²) < 4.78 is 6.89. The number of hydrogen-bond acceptors (Lipinski definition) is 5.